The van der Waals surface area contributed by atoms with Crippen molar-refractivity contribution in [3.8, 4) is 0 Å². The van der Waals surface area contributed by atoms with Crippen LogP contribution in [0.1, 0.15) is 25.7 Å². The molecule has 0 aromatic heterocycles. The number of benzene rings is 1. The second-order valence-electron chi connectivity index (χ2n) is 6.08. The number of anilines is 1. The van der Waals surface area contributed by atoms with E-state index in [0.29, 0.717) is 11.4 Å². The van der Waals surface area contributed by atoms with Crippen LogP contribution in [-0.2, 0) is 10.0 Å². The summed E-state index contributed by atoms with van der Waals surface area (Å²) < 4.78 is 25.2. The zero-order valence-electron chi connectivity index (χ0n) is 12.8. The normalized spacial score (nSPS) is 18.1. The van der Waals surface area contributed by atoms with Gasteiger partial charge in [0.25, 0.3) is 0 Å². The van der Waals surface area contributed by atoms with E-state index in [1.807, 2.05) is 12.1 Å². The first-order valence-electron chi connectivity index (χ1n) is 7.36. The van der Waals surface area contributed by atoms with Crippen LogP contribution in [0.5, 0.6) is 0 Å². The zero-order valence-corrected chi connectivity index (χ0v) is 13.6. The van der Waals surface area contributed by atoms with Gasteiger partial charge in [-0.2, -0.15) is 0 Å². The van der Waals surface area contributed by atoms with Crippen LogP contribution >= 0.6 is 0 Å². The molecule has 1 fully saturated rings. The number of nitrogens with two attached hydrogens (primary N) is 1. The van der Waals surface area contributed by atoms with E-state index in [1.54, 1.807) is 12.1 Å². The molecule has 0 saturated heterocycles. The van der Waals surface area contributed by atoms with Gasteiger partial charge in [0.1, 0.15) is 0 Å². The summed E-state index contributed by atoms with van der Waals surface area (Å²) in [7, 11) is -0.287. The van der Waals surface area contributed by atoms with Gasteiger partial charge in [-0.05, 0) is 49.1 Å². The molecule has 0 spiro atoms. The molecule has 1 aromatic carbocycles. The molecule has 3 N–H and O–H groups in total. The fourth-order valence-corrected chi connectivity index (χ4v) is 3.72. The maximum Gasteiger partial charge on any atom is 0.242 e. The predicted octanol–water partition coefficient (Wildman–Crippen LogP) is 1.87. The van der Waals surface area contributed by atoms with Gasteiger partial charge < -0.3 is 11.1 Å². The topological polar surface area (TPSA) is 75.4 Å². The summed E-state index contributed by atoms with van der Waals surface area (Å²) in [6.45, 7) is 1.55. The Morgan fingerprint density at radius 2 is 1.76 bits per heavy atom. The van der Waals surface area contributed by atoms with E-state index in [2.05, 4.69) is 5.32 Å². The van der Waals surface area contributed by atoms with Crippen LogP contribution in [0.4, 0.5) is 5.69 Å². The van der Waals surface area contributed by atoms with Gasteiger partial charge in [-0.3, -0.25) is 0 Å². The van der Waals surface area contributed by atoms with Crippen molar-refractivity contribution in [1.29, 1.82) is 0 Å². The minimum absolute atomic E-state index is 0.203. The fourth-order valence-electron chi connectivity index (χ4n) is 2.82. The van der Waals surface area contributed by atoms with Crippen molar-refractivity contribution in [3.05, 3.63) is 24.3 Å². The van der Waals surface area contributed by atoms with Gasteiger partial charge in [-0.25, -0.2) is 12.7 Å². The molecule has 1 aliphatic rings. The van der Waals surface area contributed by atoms with Crippen LogP contribution in [0.2, 0.25) is 0 Å². The van der Waals surface area contributed by atoms with Crippen molar-refractivity contribution >= 4 is 15.7 Å². The van der Waals surface area contributed by atoms with Crippen molar-refractivity contribution in [2.24, 2.45) is 11.1 Å². The summed E-state index contributed by atoms with van der Waals surface area (Å²) in [4.78, 5) is 0.312. The molecule has 0 heterocycles. The summed E-state index contributed by atoms with van der Waals surface area (Å²) in [5.41, 5.74) is 7.06. The standard InChI is InChI=1S/C15H25N3O2S/c1-18(2)21(19,20)14-7-5-13(6-8-14)17-12-15(11-16)9-3-4-10-15/h5-8,17H,3-4,9-12,16H2,1-2H3. The molecule has 118 valence electrons. The van der Waals surface area contributed by atoms with Crippen molar-refractivity contribution < 1.29 is 8.42 Å². The Morgan fingerprint density at radius 3 is 2.24 bits per heavy atom. The molecule has 0 aliphatic heterocycles. The molecule has 0 unspecified atom stereocenters. The van der Waals surface area contributed by atoms with Gasteiger partial charge in [0.05, 0.1) is 4.90 Å². The first-order valence-corrected chi connectivity index (χ1v) is 8.80. The lowest BCUT2D eigenvalue weighted by molar-refractivity contribution is 0.332. The lowest BCUT2D eigenvalue weighted by Gasteiger charge is -2.28. The Labute approximate surface area is 127 Å². The van der Waals surface area contributed by atoms with Crippen LogP contribution < -0.4 is 11.1 Å². The summed E-state index contributed by atoms with van der Waals surface area (Å²) in [5.74, 6) is 0. The SMILES string of the molecule is CN(C)S(=O)(=O)c1ccc(NCC2(CN)CCCC2)cc1. The molecule has 1 aromatic rings. The fraction of sp³-hybridized carbons (Fsp3) is 0.600. The van der Waals surface area contributed by atoms with Gasteiger partial charge in [-0.1, -0.05) is 12.8 Å². The lowest BCUT2D eigenvalue weighted by Crippen LogP contribution is -2.34. The third kappa shape index (κ3) is 3.56. The van der Waals surface area contributed by atoms with Crippen LogP contribution in [0.3, 0.4) is 0 Å². The first-order chi connectivity index (χ1) is 9.89. The Morgan fingerprint density at radius 1 is 1.19 bits per heavy atom. The molecule has 0 radical (unpaired) electrons. The molecule has 6 heteroatoms. The monoisotopic (exact) mass is 311 g/mol. The lowest BCUT2D eigenvalue weighted by atomic mass is 9.86. The number of hydrogen-bond donors (Lipinski definition) is 2. The van der Waals surface area contributed by atoms with Gasteiger partial charge in [-0.15, -0.1) is 0 Å². The summed E-state index contributed by atoms with van der Waals surface area (Å²) in [6.07, 6.45) is 4.84. The summed E-state index contributed by atoms with van der Waals surface area (Å²) >= 11 is 0. The van der Waals surface area contributed by atoms with Crippen molar-refractivity contribution in [2.45, 2.75) is 30.6 Å². The van der Waals surface area contributed by atoms with Gasteiger partial charge in [0.15, 0.2) is 0 Å². The average Bonchev–Trinajstić information content (AvgIpc) is 2.95. The van der Waals surface area contributed by atoms with E-state index in [1.165, 1.54) is 44.1 Å². The third-order valence-corrected chi connectivity index (χ3v) is 6.23. The second kappa shape index (κ2) is 6.34. The molecular weight excluding hydrogens is 286 g/mol. The van der Waals surface area contributed by atoms with Crippen molar-refractivity contribution in [2.75, 3.05) is 32.5 Å². The molecule has 1 aliphatic carbocycles. The zero-order chi connectivity index (χ0) is 15.5. The van der Waals surface area contributed by atoms with Gasteiger partial charge >= 0.3 is 0 Å². The third-order valence-electron chi connectivity index (χ3n) is 4.40. The van der Waals surface area contributed by atoms with E-state index < -0.39 is 10.0 Å². The quantitative estimate of drug-likeness (QED) is 0.841. The highest BCUT2D eigenvalue weighted by Gasteiger charge is 2.32. The molecule has 0 bridgehead atoms. The van der Waals surface area contributed by atoms with Gasteiger partial charge in [0.2, 0.25) is 10.0 Å². The minimum Gasteiger partial charge on any atom is -0.384 e. The van der Waals surface area contributed by atoms with E-state index >= 15 is 0 Å². The maximum absolute atomic E-state index is 12.0. The van der Waals surface area contributed by atoms with Crippen LogP contribution in [-0.4, -0.2) is 39.9 Å². The Bertz CT molecular complexity index is 561. The molecule has 2 rings (SSSR count). The molecule has 5 nitrogen and oxygen atoms in total. The predicted molar refractivity (Wildman–Crippen MR) is 85.8 cm³/mol. The Hall–Kier alpha value is -1.11. The number of rotatable bonds is 6. The average molecular weight is 311 g/mol. The van der Waals surface area contributed by atoms with Crippen LogP contribution in [0.15, 0.2) is 29.2 Å². The first kappa shape index (κ1) is 16.3. The van der Waals surface area contributed by atoms with E-state index in [-0.39, 0.29) is 5.41 Å². The van der Waals surface area contributed by atoms with Crippen molar-refractivity contribution in [3.63, 3.8) is 0 Å². The molecule has 1 saturated carbocycles. The maximum atomic E-state index is 12.0. The largest absolute Gasteiger partial charge is 0.384 e. The van der Waals surface area contributed by atoms with E-state index in [9.17, 15) is 8.42 Å². The van der Waals surface area contributed by atoms with Crippen LogP contribution in [0, 0.1) is 5.41 Å². The molecule has 0 atom stereocenters. The van der Waals surface area contributed by atoms with Crippen molar-refractivity contribution in [1.82, 2.24) is 4.31 Å². The highest BCUT2D eigenvalue weighted by molar-refractivity contribution is 7.89. The number of sulfonamides is 1. The molecule has 21 heavy (non-hydrogen) atoms. The highest BCUT2D eigenvalue weighted by Crippen LogP contribution is 2.37. The van der Waals surface area contributed by atoms with E-state index in [0.717, 1.165) is 12.2 Å². The smallest absolute Gasteiger partial charge is 0.242 e. The molecular formula is C15H25N3O2S. The highest BCUT2D eigenvalue weighted by atomic mass is 32.2. The number of hydrogen-bond acceptors (Lipinski definition) is 4. The van der Waals surface area contributed by atoms with Gasteiger partial charge in [0, 0.05) is 26.3 Å². The van der Waals surface area contributed by atoms with Crippen LogP contribution in [0.25, 0.3) is 0 Å². The Balaban J connectivity index is 2.03. The number of nitrogens with zero attached hydrogens (tertiary/aromatic N) is 1. The summed E-state index contributed by atoms with van der Waals surface area (Å²) in [5, 5.41) is 3.40. The molecule has 0 amide bonds. The summed E-state index contributed by atoms with van der Waals surface area (Å²) in [6, 6.07) is 6.91. The Kier molecular flexibility index (Phi) is 4.91. The second-order valence-corrected chi connectivity index (χ2v) is 8.23. The minimum atomic E-state index is -3.36. The van der Waals surface area contributed by atoms with E-state index in [4.69, 9.17) is 5.73 Å². The number of nitrogens with one attached hydrogen (secondary N) is 1.